The SMILES string of the molecule is CCC/C=C/CCC([O-])=N[C@@H](CCC(=O)[O-])C(=O)O.[Ca+2]. The van der Waals surface area contributed by atoms with Gasteiger partial charge in [-0.15, -0.1) is 0 Å². The van der Waals surface area contributed by atoms with Gasteiger partial charge in [-0.05, 0) is 38.0 Å². The zero-order valence-electron chi connectivity index (χ0n) is 11.7. The van der Waals surface area contributed by atoms with Crippen LogP contribution in [0.3, 0.4) is 0 Å². The van der Waals surface area contributed by atoms with E-state index in [0.29, 0.717) is 6.42 Å². The average Bonchev–Trinajstić information content (AvgIpc) is 2.33. The maximum absolute atomic E-state index is 11.4. The third kappa shape index (κ3) is 12.4. The van der Waals surface area contributed by atoms with Gasteiger partial charge in [-0.2, -0.15) is 0 Å². The normalized spacial score (nSPS) is 12.9. The van der Waals surface area contributed by atoms with Gasteiger partial charge in [0.2, 0.25) is 0 Å². The number of hydrogen-bond acceptors (Lipinski definition) is 5. The molecule has 0 radical (unpaired) electrons. The van der Waals surface area contributed by atoms with Crippen LogP contribution in [0.4, 0.5) is 0 Å². The Labute approximate surface area is 148 Å². The minimum Gasteiger partial charge on any atom is -0.862 e. The largest absolute Gasteiger partial charge is 2.00 e. The van der Waals surface area contributed by atoms with Crippen LogP contribution in [0.25, 0.3) is 0 Å². The third-order valence-corrected chi connectivity index (χ3v) is 2.35. The van der Waals surface area contributed by atoms with Crippen LogP contribution in [0.5, 0.6) is 0 Å². The Kier molecular flexibility index (Phi) is 14.5. The van der Waals surface area contributed by atoms with E-state index in [4.69, 9.17) is 5.11 Å². The molecule has 6 nitrogen and oxygen atoms in total. The number of carbonyl (C=O) groups is 2. The number of aliphatic imine (C=N–C) groups is 1. The van der Waals surface area contributed by atoms with Crippen molar-refractivity contribution in [1.82, 2.24) is 0 Å². The minimum absolute atomic E-state index is 0. The molecule has 0 aliphatic carbocycles. The molecule has 0 unspecified atom stereocenters. The van der Waals surface area contributed by atoms with E-state index < -0.39 is 30.3 Å². The zero-order chi connectivity index (χ0) is 14.7. The molecule has 0 aromatic rings. The molecule has 0 fully saturated rings. The van der Waals surface area contributed by atoms with Gasteiger partial charge in [0, 0.05) is 5.97 Å². The van der Waals surface area contributed by atoms with Crippen LogP contribution in [0.1, 0.15) is 45.4 Å². The molecule has 7 heteroatoms. The predicted molar refractivity (Wildman–Crippen MR) is 72.1 cm³/mol. The number of hydrogen-bond donors (Lipinski definition) is 1. The Hall–Kier alpha value is -0.590. The van der Waals surface area contributed by atoms with Crippen LogP contribution < -0.4 is 10.2 Å². The van der Waals surface area contributed by atoms with Crippen LogP contribution in [0.2, 0.25) is 0 Å². The molecule has 0 heterocycles. The first-order chi connectivity index (χ1) is 8.97. The Morgan fingerprint density at radius 1 is 1.20 bits per heavy atom. The van der Waals surface area contributed by atoms with Crippen molar-refractivity contribution in [3.63, 3.8) is 0 Å². The number of carbonyl (C=O) groups excluding carboxylic acids is 1. The van der Waals surface area contributed by atoms with Gasteiger partial charge in [-0.25, -0.2) is 4.79 Å². The van der Waals surface area contributed by atoms with E-state index in [0.717, 1.165) is 12.8 Å². The van der Waals surface area contributed by atoms with Crippen molar-refractivity contribution in [2.24, 2.45) is 4.99 Å². The predicted octanol–water partition coefficient (Wildman–Crippen LogP) is -0.516. The third-order valence-electron chi connectivity index (χ3n) is 2.35. The number of rotatable bonds is 10. The number of allylic oxidation sites excluding steroid dienone is 2. The maximum atomic E-state index is 11.4. The Morgan fingerprint density at radius 2 is 1.80 bits per heavy atom. The summed E-state index contributed by atoms with van der Waals surface area (Å²) in [6, 6.07) is -1.30. The van der Waals surface area contributed by atoms with E-state index in [1.165, 1.54) is 0 Å². The van der Waals surface area contributed by atoms with Crippen LogP contribution in [-0.2, 0) is 9.59 Å². The van der Waals surface area contributed by atoms with Crippen molar-refractivity contribution in [2.75, 3.05) is 0 Å². The maximum Gasteiger partial charge on any atom is 2.00 e. The second-order valence-electron chi connectivity index (χ2n) is 4.09. The molecule has 20 heavy (non-hydrogen) atoms. The van der Waals surface area contributed by atoms with Gasteiger partial charge in [-0.1, -0.05) is 25.5 Å². The van der Waals surface area contributed by atoms with Crippen molar-refractivity contribution >= 4 is 55.6 Å². The molecule has 0 amide bonds. The van der Waals surface area contributed by atoms with Crippen LogP contribution in [-0.4, -0.2) is 66.7 Å². The second kappa shape index (κ2) is 13.4. The van der Waals surface area contributed by atoms with Gasteiger partial charge in [0.15, 0.2) is 0 Å². The number of carboxylic acid groups (broad SMARTS) is 2. The van der Waals surface area contributed by atoms with Crippen molar-refractivity contribution in [3.8, 4) is 0 Å². The van der Waals surface area contributed by atoms with Gasteiger partial charge in [-0.3, -0.25) is 4.99 Å². The van der Waals surface area contributed by atoms with Gasteiger partial charge in [0.05, 0.1) is 0 Å². The molecule has 0 aromatic carbocycles. The van der Waals surface area contributed by atoms with E-state index in [1.807, 2.05) is 19.1 Å². The summed E-state index contributed by atoms with van der Waals surface area (Å²) in [5, 5.41) is 30.5. The van der Waals surface area contributed by atoms with Crippen molar-refractivity contribution in [1.29, 1.82) is 0 Å². The van der Waals surface area contributed by atoms with Crippen molar-refractivity contribution in [3.05, 3.63) is 12.2 Å². The number of carboxylic acids is 2. The fourth-order valence-corrected chi connectivity index (χ4v) is 1.35. The van der Waals surface area contributed by atoms with E-state index in [1.54, 1.807) is 0 Å². The van der Waals surface area contributed by atoms with Crippen LogP contribution >= 0.6 is 0 Å². The zero-order valence-corrected chi connectivity index (χ0v) is 13.9. The molecule has 0 saturated carbocycles. The Morgan fingerprint density at radius 3 is 2.30 bits per heavy atom. The summed E-state index contributed by atoms with van der Waals surface area (Å²) in [6.45, 7) is 2.04. The molecule has 1 N–H and O–H groups in total. The summed E-state index contributed by atoms with van der Waals surface area (Å²) < 4.78 is 0. The van der Waals surface area contributed by atoms with Gasteiger partial charge < -0.3 is 20.1 Å². The quantitative estimate of drug-likeness (QED) is 0.252. The molecule has 0 bridgehead atoms. The molecule has 0 spiro atoms. The Bertz CT molecular complexity index is 355. The molecule has 0 aliphatic rings. The fraction of sp³-hybridized carbons (Fsp3) is 0.615. The van der Waals surface area contributed by atoms with Crippen LogP contribution in [0, 0.1) is 0 Å². The summed E-state index contributed by atoms with van der Waals surface area (Å²) >= 11 is 0. The molecule has 0 aromatic heterocycles. The van der Waals surface area contributed by atoms with E-state index in [9.17, 15) is 19.8 Å². The Balaban J connectivity index is 0. The van der Waals surface area contributed by atoms with Gasteiger partial charge in [0.25, 0.3) is 0 Å². The van der Waals surface area contributed by atoms with E-state index in [2.05, 4.69) is 4.99 Å². The van der Waals surface area contributed by atoms with Gasteiger partial charge >= 0.3 is 43.7 Å². The first-order valence-electron chi connectivity index (χ1n) is 6.28. The standard InChI is InChI=1S/C13H21NO5.Ca/c1-2-3-4-5-6-7-11(15)14-10(13(18)19)8-9-12(16)17;/h4-5,10H,2-3,6-9H2,1H3,(H,14,15)(H,16,17)(H,18,19);/q;+2/p-2/b5-4+;/t10-;/m0./s1. The van der Waals surface area contributed by atoms with E-state index in [-0.39, 0.29) is 50.6 Å². The summed E-state index contributed by atoms with van der Waals surface area (Å²) in [5.41, 5.74) is 0. The number of unbranched alkanes of at least 4 members (excludes halogenated alkanes) is 1. The van der Waals surface area contributed by atoms with E-state index >= 15 is 0 Å². The first-order valence-corrected chi connectivity index (χ1v) is 6.28. The summed E-state index contributed by atoms with van der Waals surface area (Å²) in [4.78, 5) is 24.5. The second-order valence-corrected chi connectivity index (χ2v) is 4.09. The van der Waals surface area contributed by atoms with Crippen molar-refractivity contribution < 1.29 is 24.9 Å². The molecule has 0 rings (SSSR count). The number of aliphatic carboxylic acids is 2. The summed E-state index contributed by atoms with van der Waals surface area (Å²) in [6.07, 6.45) is 5.77. The number of nitrogens with zero attached hydrogens (tertiary/aromatic N) is 1. The molecular formula is C13H19CaNO5. The summed E-state index contributed by atoms with van der Waals surface area (Å²) in [7, 11) is 0. The average molecular weight is 309 g/mol. The molecule has 0 aliphatic heterocycles. The minimum atomic E-state index is -1.35. The molecule has 0 saturated heterocycles. The first kappa shape index (κ1) is 21.7. The monoisotopic (exact) mass is 309 g/mol. The fourth-order valence-electron chi connectivity index (χ4n) is 1.35. The van der Waals surface area contributed by atoms with Gasteiger partial charge in [0.1, 0.15) is 6.04 Å². The molecule has 108 valence electrons. The molecule has 1 atom stereocenters. The van der Waals surface area contributed by atoms with Crippen molar-refractivity contribution in [2.45, 2.75) is 51.5 Å². The van der Waals surface area contributed by atoms with Crippen LogP contribution in [0.15, 0.2) is 17.1 Å². The summed E-state index contributed by atoms with van der Waals surface area (Å²) in [5.74, 6) is -3.17. The topological polar surface area (TPSA) is 113 Å². The molecular weight excluding hydrogens is 290 g/mol. The smallest absolute Gasteiger partial charge is 0.862 e.